The molecule has 1 nitrogen and oxygen atoms in total. The molecule has 0 bridgehead atoms. The fraction of sp³-hybridized carbons (Fsp3) is 0.846. The first-order chi connectivity index (χ1) is 6.93. The minimum atomic E-state index is 0.505. The molecule has 0 unspecified atom stereocenters. The van der Waals surface area contributed by atoms with Crippen LogP contribution in [0.2, 0.25) is 0 Å². The Bertz CT molecular complexity index is 143. The van der Waals surface area contributed by atoms with E-state index in [0.29, 0.717) is 6.10 Å². The zero-order chi connectivity index (χ0) is 10.1. The van der Waals surface area contributed by atoms with Crippen molar-refractivity contribution in [2.24, 2.45) is 0 Å². The van der Waals surface area contributed by atoms with Crippen molar-refractivity contribution in [2.75, 3.05) is 6.61 Å². The van der Waals surface area contributed by atoms with Crippen LogP contribution in [-0.4, -0.2) is 12.7 Å². The third kappa shape index (κ3) is 5.43. The number of hydrogen-bond acceptors (Lipinski definition) is 1. The lowest BCUT2D eigenvalue weighted by Gasteiger charge is -2.10. The van der Waals surface area contributed by atoms with Gasteiger partial charge >= 0.3 is 0 Å². The second kappa shape index (κ2) is 8.05. The molecule has 0 aliphatic heterocycles. The van der Waals surface area contributed by atoms with Crippen LogP contribution < -0.4 is 0 Å². The van der Waals surface area contributed by atoms with E-state index in [2.05, 4.69) is 19.1 Å². The number of rotatable bonds is 8. The van der Waals surface area contributed by atoms with Gasteiger partial charge in [0, 0.05) is 6.61 Å². The van der Waals surface area contributed by atoms with E-state index in [9.17, 15) is 0 Å². The Labute approximate surface area is 88.5 Å². The summed E-state index contributed by atoms with van der Waals surface area (Å²) in [7, 11) is 0. The lowest BCUT2D eigenvalue weighted by atomic mass is 10.1. The summed E-state index contributed by atoms with van der Waals surface area (Å²) in [4.78, 5) is 0. The highest BCUT2D eigenvalue weighted by Crippen LogP contribution is 2.14. The second-order valence-electron chi connectivity index (χ2n) is 4.20. The predicted molar refractivity (Wildman–Crippen MR) is 61.5 cm³/mol. The van der Waals surface area contributed by atoms with E-state index in [1.807, 2.05) is 0 Å². The van der Waals surface area contributed by atoms with Crippen molar-refractivity contribution in [3.05, 3.63) is 12.2 Å². The maximum absolute atomic E-state index is 5.75. The Hall–Kier alpha value is -0.300. The molecule has 0 saturated carbocycles. The van der Waals surface area contributed by atoms with E-state index in [1.165, 1.54) is 38.5 Å². The molecule has 0 radical (unpaired) electrons. The van der Waals surface area contributed by atoms with Gasteiger partial charge in [0.05, 0.1) is 6.10 Å². The van der Waals surface area contributed by atoms with Gasteiger partial charge in [-0.1, -0.05) is 51.2 Å². The molecule has 0 fully saturated rings. The minimum absolute atomic E-state index is 0.505. The van der Waals surface area contributed by atoms with Crippen LogP contribution in [0, 0.1) is 0 Å². The van der Waals surface area contributed by atoms with Gasteiger partial charge < -0.3 is 4.74 Å². The molecule has 1 aliphatic carbocycles. The van der Waals surface area contributed by atoms with Gasteiger partial charge in [-0.2, -0.15) is 0 Å². The Morgan fingerprint density at radius 2 is 1.64 bits per heavy atom. The molecule has 0 aromatic rings. The van der Waals surface area contributed by atoms with Crippen LogP contribution in [0.3, 0.4) is 0 Å². The first-order valence-electron chi connectivity index (χ1n) is 6.20. The normalized spacial score (nSPS) is 16.6. The third-order valence-electron chi connectivity index (χ3n) is 2.82. The lowest BCUT2D eigenvalue weighted by Crippen LogP contribution is -2.08. The Morgan fingerprint density at radius 1 is 1.00 bits per heavy atom. The monoisotopic (exact) mass is 196 g/mol. The Balaban J connectivity index is 1.75. The summed E-state index contributed by atoms with van der Waals surface area (Å²) in [5, 5.41) is 0. The summed E-state index contributed by atoms with van der Waals surface area (Å²) < 4.78 is 5.75. The molecule has 0 aromatic carbocycles. The number of unbranched alkanes of at least 4 members (excludes halogenated alkanes) is 5. The molecule has 0 spiro atoms. The topological polar surface area (TPSA) is 9.23 Å². The van der Waals surface area contributed by atoms with E-state index in [4.69, 9.17) is 4.74 Å². The average molecular weight is 196 g/mol. The smallest absolute Gasteiger partial charge is 0.0643 e. The van der Waals surface area contributed by atoms with Crippen LogP contribution in [-0.2, 0) is 4.74 Å². The highest BCUT2D eigenvalue weighted by molar-refractivity contribution is 4.94. The molecule has 0 N–H and O–H groups in total. The molecule has 0 amide bonds. The first-order valence-corrected chi connectivity index (χ1v) is 6.20. The van der Waals surface area contributed by atoms with Crippen LogP contribution >= 0.6 is 0 Å². The zero-order valence-electron chi connectivity index (χ0n) is 9.50. The van der Waals surface area contributed by atoms with Crippen molar-refractivity contribution in [3.63, 3.8) is 0 Å². The van der Waals surface area contributed by atoms with Crippen molar-refractivity contribution in [2.45, 2.75) is 64.4 Å². The van der Waals surface area contributed by atoms with E-state index in [-0.39, 0.29) is 0 Å². The van der Waals surface area contributed by atoms with E-state index < -0.39 is 0 Å². The molecule has 0 saturated heterocycles. The zero-order valence-corrected chi connectivity index (χ0v) is 9.50. The first kappa shape index (κ1) is 11.8. The summed E-state index contributed by atoms with van der Waals surface area (Å²) in [6, 6.07) is 0. The van der Waals surface area contributed by atoms with Crippen LogP contribution in [0.4, 0.5) is 0 Å². The van der Waals surface area contributed by atoms with Crippen molar-refractivity contribution in [1.29, 1.82) is 0 Å². The maximum Gasteiger partial charge on any atom is 0.0643 e. The largest absolute Gasteiger partial charge is 0.378 e. The molecular formula is C13H24O. The lowest BCUT2D eigenvalue weighted by molar-refractivity contribution is 0.0595. The van der Waals surface area contributed by atoms with Gasteiger partial charge in [0.2, 0.25) is 0 Å². The molecular weight excluding hydrogens is 172 g/mol. The van der Waals surface area contributed by atoms with Crippen LogP contribution in [0.15, 0.2) is 12.2 Å². The fourth-order valence-electron chi connectivity index (χ4n) is 1.86. The summed E-state index contributed by atoms with van der Waals surface area (Å²) in [5.41, 5.74) is 0. The summed E-state index contributed by atoms with van der Waals surface area (Å²) in [6.07, 6.45) is 15.4. The highest BCUT2D eigenvalue weighted by Gasteiger charge is 2.08. The third-order valence-corrected chi connectivity index (χ3v) is 2.82. The van der Waals surface area contributed by atoms with E-state index in [0.717, 1.165) is 19.4 Å². The number of hydrogen-bond donors (Lipinski definition) is 0. The van der Waals surface area contributed by atoms with Crippen LogP contribution in [0.5, 0.6) is 0 Å². The van der Waals surface area contributed by atoms with Gasteiger partial charge in [0.1, 0.15) is 0 Å². The molecule has 14 heavy (non-hydrogen) atoms. The summed E-state index contributed by atoms with van der Waals surface area (Å²) in [5.74, 6) is 0. The fourth-order valence-corrected chi connectivity index (χ4v) is 1.86. The predicted octanol–water partition coefficient (Wildman–Crippen LogP) is 4.08. The van der Waals surface area contributed by atoms with Gasteiger partial charge in [-0.25, -0.2) is 0 Å². The van der Waals surface area contributed by atoms with E-state index in [1.54, 1.807) is 0 Å². The van der Waals surface area contributed by atoms with Crippen molar-refractivity contribution in [3.8, 4) is 0 Å². The standard InChI is InChI=1S/C13H24O/c1-2-3-4-5-6-9-12-14-13-10-7-8-11-13/h7-8,13H,2-6,9-12H2,1H3. The SMILES string of the molecule is CCCCCCCCOC1CC=CC1. The quantitative estimate of drug-likeness (QED) is 0.420. The molecule has 0 heterocycles. The van der Waals surface area contributed by atoms with E-state index >= 15 is 0 Å². The van der Waals surface area contributed by atoms with Crippen molar-refractivity contribution in [1.82, 2.24) is 0 Å². The maximum atomic E-state index is 5.75. The van der Waals surface area contributed by atoms with Crippen LogP contribution in [0.25, 0.3) is 0 Å². The minimum Gasteiger partial charge on any atom is -0.378 e. The van der Waals surface area contributed by atoms with Gasteiger partial charge in [-0.15, -0.1) is 0 Å². The van der Waals surface area contributed by atoms with Crippen LogP contribution in [0.1, 0.15) is 58.3 Å². The molecule has 82 valence electrons. The molecule has 0 atom stereocenters. The van der Waals surface area contributed by atoms with Gasteiger partial charge in [0.15, 0.2) is 0 Å². The highest BCUT2D eigenvalue weighted by atomic mass is 16.5. The van der Waals surface area contributed by atoms with Gasteiger partial charge in [-0.3, -0.25) is 0 Å². The second-order valence-corrected chi connectivity index (χ2v) is 4.20. The summed E-state index contributed by atoms with van der Waals surface area (Å²) in [6.45, 7) is 3.23. The van der Waals surface area contributed by atoms with Crippen molar-refractivity contribution < 1.29 is 4.74 Å². The summed E-state index contributed by atoms with van der Waals surface area (Å²) >= 11 is 0. The number of ether oxygens (including phenoxy) is 1. The van der Waals surface area contributed by atoms with Gasteiger partial charge in [0.25, 0.3) is 0 Å². The molecule has 1 aliphatic rings. The Morgan fingerprint density at radius 3 is 2.36 bits per heavy atom. The molecule has 1 heteroatoms. The molecule has 0 aromatic heterocycles. The van der Waals surface area contributed by atoms with Crippen molar-refractivity contribution >= 4 is 0 Å². The Kier molecular flexibility index (Phi) is 6.77. The molecule has 1 rings (SSSR count). The van der Waals surface area contributed by atoms with Gasteiger partial charge in [-0.05, 0) is 19.3 Å². The average Bonchev–Trinajstić information content (AvgIpc) is 2.69.